The predicted molar refractivity (Wildman–Crippen MR) is 72.6 cm³/mol. The Morgan fingerprint density at radius 3 is 2.65 bits per heavy atom. The Balaban J connectivity index is 1.56. The molecule has 20 heavy (non-hydrogen) atoms. The quantitative estimate of drug-likeness (QED) is 0.799. The van der Waals surface area contributed by atoms with Crippen molar-refractivity contribution in [3.63, 3.8) is 0 Å². The predicted octanol–water partition coefficient (Wildman–Crippen LogP) is 2.63. The van der Waals surface area contributed by atoms with Crippen LogP contribution in [0.2, 0.25) is 0 Å². The van der Waals surface area contributed by atoms with Crippen LogP contribution in [0.3, 0.4) is 0 Å². The zero-order valence-electron chi connectivity index (χ0n) is 11.9. The van der Waals surface area contributed by atoms with E-state index in [0.29, 0.717) is 17.8 Å². The van der Waals surface area contributed by atoms with Gasteiger partial charge in [0.1, 0.15) is 5.41 Å². The van der Waals surface area contributed by atoms with Crippen LogP contribution < -0.4 is 0 Å². The summed E-state index contributed by atoms with van der Waals surface area (Å²) in [6.07, 6.45) is 9.12. The van der Waals surface area contributed by atoms with Crippen molar-refractivity contribution in [2.75, 3.05) is 0 Å². The van der Waals surface area contributed by atoms with Crippen LogP contribution in [0.4, 0.5) is 0 Å². The molecule has 3 saturated carbocycles. The van der Waals surface area contributed by atoms with E-state index in [4.69, 9.17) is 4.74 Å². The molecule has 2 saturated heterocycles. The molecule has 2 aliphatic heterocycles. The Hall–Kier alpha value is -0.590. The van der Waals surface area contributed by atoms with E-state index in [0.717, 1.165) is 31.6 Å². The highest BCUT2D eigenvalue weighted by Crippen LogP contribution is 2.69. The fourth-order valence-electron chi connectivity index (χ4n) is 7.00. The van der Waals surface area contributed by atoms with E-state index in [1.54, 1.807) is 0 Å². The molecule has 3 aliphatic carbocycles. The van der Waals surface area contributed by atoms with Crippen LogP contribution >= 0.6 is 0 Å². The third-order valence-corrected chi connectivity index (χ3v) is 7.67. The summed E-state index contributed by atoms with van der Waals surface area (Å²) >= 11 is 0. The maximum absolute atomic E-state index is 11.6. The van der Waals surface area contributed by atoms with E-state index in [1.807, 2.05) is 0 Å². The van der Waals surface area contributed by atoms with Gasteiger partial charge in [-0.15, -0.1) is 0 Å². The summed E-state index contributed by atoms with van der Waals surface area (Å²) in [5.41, 5.74) is -1.35. The molecule has 5 aliphatic rings. The fourth-order valence-corrected chi connectivity index (χ4v) is 7.00. The van der Waals surface area contributed by atoms with Gasteiger partial charge < -0.3 is 9.84 Å². The summed E-state index contributed by atoms with van der Waals surface area (Å²) < 4.78 is 5.99. The van der Waals surface area contributed by atoms with Crippen molar-refractivity contribution >= 4 is 0 Å². The number of ether oxygens (including phenoxy) is 1. The zero-order valence-corrected chi connectivity index (χ0v) is 11.9. The number of rotatable bonds is 1. The lowest BCUT2D eigenvalue weighted by Crippen LogP contribution is -2.58. The average molecular weight is 273 g/mol. The minimum Gasteiger partial charge on any atom is -0.388 e. The van der Waals surface area contributed by atoms with Gasteiger partial charge in [0, 0.05) is 0 Å². The third-order valence-electron chi connectivity index (χ3n) is 7.67. The van der Waals surface area contributed by atoms with Gasteiger partial charge in [0.25, 0.3) is 0 Å². The van der Waals surface area contributed by atoms with Gasteiger partial charge in [0.2, 0.25) is 0 Å². The molecule has 0 spiro atoms. The molecule has 2 heterocycles. The van der Waals surface area contributed by atoms with Gasteiger partial charge in [-0.2, -0.15) is 5.26 Å². The molecule has 0 aromatic carbocycles. The van der Waals surface area contributed by atoms with E-state index < -0.39 is 11.0 Å². The molecule has 0 amide bonds. The number of nitriles is 1. The highest BCUT2D eigenvalue weighted by molar-refractivity contribution is 5.27. The highest BCUT2D eigenvalue weighted by atomic mass is 16.5. The lowest BCUT2D eigenvalue weighted by atomic mass is 9.56. The van der Waals surface area contributed by atoms with Crippen molar-refractivity contribution in [3.05, 3.63) is 0 Å². The molecule has 5 rings (SSSR count). The fraction of sp³-hybridized carbons (Fsp3) is 0.941. The highest BCUT2D eigenvalue weighted by Gasteiger charge is 2.72. The SMILES string of the molecule is N#CC1(C2(O)CC3CC2C2CCCC32)CC2CCC1O2. The van der Waals surface area contributed by atoms with Crippen molar-refractivity contribution in [1.29, 1.82) is 5.26 Å². The molecule has 8 unspecified atom stereocenters. The van der Waals surface area contributed by atoms with Crippen LogP contribution in [0.25, 0.3) is 0 Å². The van der Waals surface area contributed by atoms with Crippen LogP contribution in [0.5, 0.6) is 0 Å². The molecular formula is C17H23NO2. The summed E-state index contributed by atoms with van der Waals surface area (Å²) in [5, 5.41) is 21.5. The first-order valence-electron chi connectivity index (χ1n) is 8.47. The van der Waals surface area contributed by atoms with Gasteiger partial charge in [0.05, 0.1) is 23.9 Å². The molecule has 0 aromatic rings. The van der Waals surface area contributed by atoms with Crippen LogP contribution in [-0.4, -0.2) is 22.9 Å². The van der Waals surface area contributed by atoms with E-state index >= 15 is 0 Å². The second-order valence-electron chi connectivity index (χ2n) is 8.10. The summed E-state index contributed by atoms with van der Waals surface area (Å²) in [6, 6.07) is 2.58. The minimum absolute atomic E-state index is 0.00158. The molecule has 1 N–H and O–H groups in total. The number of aliphatic hydroxyl groups is 1. The molecule has 3 nitrogen and oxygen atoms in total. The minimum atomic E-state index is -0.752. The van der Waals surface area contributed by atoms with Gasteiger partial charge >= 0.3 is 0 Å². The zero-order chi connectivity index (χ0) is 13.5. The molecular weight excluding hydrogens is 250 g/mol. The maximum atomic E-state index is 11.6. The molecule has 108 valence electrons. The van der Waals surface area contributed by atoms with Crippen molar-refractivity contribution < 1.29 is 9.84 Å². The Kier molecular flexibility index (Phi) is 2.16. The first kappa shape index (κ1) is 12.0. The van der Waals surface area contributed by atoms with Crippen molar-refractivity contribution in [1.82, 2.24) is 0 Å². The first-order valence-corrected chi connectivity index (χ1v) is 8.47. The van der Waals surface area contributed by atoms with Crippen LogP contribution in [0.15, 0.2) is 0 Å². The molecule has 3 heteroatoms. The normalized spacial score (nSPS) is 62.8. The summed E-state index contributed by atoms with van der Waals surface area (Å²) in [5.74, 6) is 2.61. The molecule has 8 atom stereocenters. The molecule has 5 fully saturated rings. The maximum Gasteiger partial charge on any atom is 0.115 e. The van der Waals surface area contributed by atoms with Gasteiger partial charge in [-0.05, 0) is 68.6 Å². The van der Waals surface area contributed by atoms with E-state index in [9.17, 15) is 10.4 Å². The average Bonchev–Trinajstić information content (AvgIpc) is 3.20. The smallest absolute Gasteiger partial charge is 0.115 e. The Morgan fingerprint density at radius 1 is 1.10 bits per heavy atom. The monoisotopic (exact) mass is 273 g/mol. The molecule has 4 bridgehead atoms. The van der Waals surface area contributed by atoms with E-state index in [2.05, 4.69) is 6.07 Å². The first-order chi connectivity index (χ1) is 9.68. The van der Waals surface area contributed by atoms with Crippen LogP contribution in [0.1, 0.15) is 51.4 Å². The van der Waals surface area contributed by atoms with Crippen molar-refractivity contribution in [2.24, 2.45) is 29.1 Å². The summed E-state index contributed by atoms with van der Waals surface area (Å²) in [6.45, 7) is 0. The van der Waals surface area contributed by atoms with Gasteiger partial charge in [-0.3, -0.25) is 0 Å². The lowest BCUT2D eigenvalue weighted by molar-refractivity contribution is -0.139. The number of hydrogen-bond acceptors (Lipinski definition) is 3. The number of nitrogens with zero attached hydrogens (tertiary/aromatic N) is 1. The molecule has 0 aromatic heterocycles. The Bertz CT molecular complexity index is 500. The van der Waals surface area contributed by atoms with Crippen LogP contribution in [0, 0.1) is 40.4 Å². The largest absolute Gasteiger partial charge is 0.388 e. The summed E-state index contributed by atoms with van der Waals surface area (Å²) in [4.78, 5) is 0. The Morgan fingerprint density at radius 2 is 1.95 bits per heavy atom. The van der Waals surface area contributed by atoms with Gasteiger partial charge in [0.15, 0.2) is 0 Å². The van der Waals surface area contributed by atoms with E-state index in [-0.39, 0.29) is 12.2 Å². The third kappa shape index (κ3) is 1.13. The van der Waals surface area contributed by atoms with Crippen LogP contribution in [-0.2, 0) is 4.74 Å². The van der Waals surface area contributed by atoms with E-state index in [1.165, 1.54) is 25.7 Å². The summed E-state index contributed by atoms with van der Waals surface area (Å²) in [7, 11) is 0. The second-order valence-corrected chi connectivity index (χ2v) is 8.10. The van der Waals surface area contributed by atoms with Crippen molar-refractivity contribution in [3.8, 4) is 6.07 Å². The van der Waals surface area contributed by atoms with Gasteiger partial charge in [-0.1, -0.05) is 6.42 Å². The Labute approximate surface area is 120 Å². The number of fused-ring (bicyclic) bond motifs is 7. The van der Waals surface area contributed by atoms with Crippen molar-refractivity contribution in [2.45, 2.75) is 69.2 Å². The topological polar surface area (TPSA) is 53.2 Å². The number of hydrogen-bond donors (Lipinski definition) is 1. The standard InChI is InChI=1S/C17H23NO2/c18-9-16(8-11-4-5-15(16)20-11)17(19)7-10-6-14(17)13-3-1-2-12(10)13/h10-15,19H,1-8H2. The molecule has 0 radical (unpaired) electrons. The van der Waals surface area contributed by atoms with Gasteiger partial charge in [-0.25, -0.2) is 0 Å². The lowest BCUT2D eigenvalue weighted by Gasteiger charge is -2.49. The second kappa shape index (κ2) is 3.59.